The molecule has 5 heteroatoms. The number of ether oxygens (including phenoxy) is 1. The highest BCUT2D eigenvalue weighted by Crippen LogP contribution is 2.24. The van der Waals surface area contributed by atoms with E-state index in [1.54, 1.807) is 6.20 Å². The number of nitrogens with one attached hydrogen (secondary N) is 2. The average molecular weight is 244 g/mol. The topological polar surface area (TPSA) is 71.2 Å². The highest BCUT2D eigenvalue weighted by molar-refractivity contribution is 5.92. The van der Waals surface area contributed by atoms with E-state index in [0.29, 0.717) is 5.75 Å². The normalized spacial score (nSPS) is 10.0. The monoisotopic (exact) mass is 244 g/mol. The summed E-state index contributed by atoms with van der Waals surface area (Å²) in [6, 6.07) is 7.46. The van der Waals surface area contributed by atoms with E-state index in [9.17, 15) is 9.59 Å². The van der Waals surface area contributed by atoms with Crippen LogP contribution in [0.4, 0.5) is 0 Å². The fraction of sp³-hybridized carbons (Fsp3) is 0.0769. The minimum atomic E-state index is -0.532. The number of esters is 1. The lowest BCUT2D eigenvalue weighted by Crippen LogP contribution is -2.30. The van der Waals surface area contributed by atoms with Gasteiger partial charge >= 0.3 is 5.97 Å². The molecule has 1 aromatic heterocycles. The number of fused-ring (bicyclic) bond motifs is 1. The molecule has 0 saturated heterocycles. The van der Waals surface area contributed by atoms with Crippen molar-refractivity contribution in [2.75, 3.05) is 6.54 Å². The van der Waals surface area contributed by atoms with Gasteiger partial charge in [0.2, 0.25) is 5.91 Å². The van der Waals surface area contributed by atoms with Crippen molar-refractivity contribution < 1.29 is 14.3 Å². The number of benzene rings is 1. The van der Waals surface area contributed by atoms with E-state index in [-0.39, 0.29) is 6.54 Å². The first kappa shape index (κ1) is 11.9. The third-order valence-corrected chi connectivity index (χ3v) is 2.37. The quantitative estimate of drug-likeness (QED) is 0.630. The van der Waals surface area contributed by atoms with Crippen LogP contribution in [-0.4, -0.2) is 23.4 Å². The molecule has 5 nitrogen and oxygen atoms in total. The van der Waals surface area contributed by atoms with Gasteiger partial charge in [-0.3, -0.25) is 4.79 Å². The zero-order chi connectivity index (χ0) is 13.0. The highest BCUT2D eigenvalue weighted by atomic mass is 16.5. The number of rotatable bonds is 4. The van der Waals surface area contributed by atoms with E-state index in [1.165, 1.54) is 0 Å². The van der Waals surface area contributed by atoms with Gasteiger partial charge in [-0.1, -0.05) is 18.7 Å². The van der Waals surface area contributed by atoms with Crippen molar-refractivity contribution in [1.82, 2.24) is 10.3 Å². The molecule has 1 amide bonds. The lowest BCUT2D eigenvalue weighted by atomic mass is 10.2. The minimum absolute atomic E-state index is 0.190. The van der Waals surface area contributed by atoms with Crippen LogP contribution in [0.25, 0.3) is 10.9 Å². The van der Waals surface area contributed by atoms with Crippen molar-refractivity contribution in [3.8, 4) is 5.75 Å². The number of para-hydroxylation sites is 1. The number of carbonyl (C=O) groups excluding carboxylic acids is 2. The Morgan fingerprint density at radius 1 is 1.39 bits per heavy atom. The van der Waals surface area contributed by atoms with Crippen LogP contribution in [0.15, 0.2) is 43.1 Å². The first-order valence-corrected chi connectivity index (χ1v) is 5.38. The Kier molecular flexibility index (Phi) is 3.43. The third-order valence-electron chi connectivity index (χ3n) is 2.37. The lowest BCUT2D eigenvalue weighted by molar-refractivity contribution is -0.134. The van der Waals surface area contributed by atoms with Crippen LogP contribution in [0, 0.1) is 0 Å². The van der Waals surface area contributed by atoms with Crippen molar-refractivity contribution in [3.63, 3.8) is 0 Å². The Balaban J connectivity index is 2.03. The van der Waals surface area contributed by atoms with Gasteiger partial charge in [0, 0.05) is 17.1 Å². The van der Waals surface area contributed by atoms with Gasteiger partial charge < -0.3 is 15.0 Å². The van der Waals surface area contributed by atoms with E-state index < -0.39 is 11.9 Å². The van der Waals surface area contributed by atoms with Crippen LogP contribution in [0.5, 0.6) is 5.75 Å². The van der Waals surface area contributed by atoms with E-state index in [0.717, 1.165) is 17.0 Å². The Labute approximate surface area is 103 Å². The summed E-state index contributed by atoms with van der Waals surface area (Å²) in [5.41, 5.74) is 0.885. The first-order chi connectivity index (χ1) is 8.70. The fourth-order valence-corrected chi connectivity index (χ4v) is 1.52. The minimum Gasteiger partial charge on any atom is -0.423 e. The number of carbonyl (C=O) groups is 2. The molecule has 2 N–H and O–H groups in total. The molecule has 18 heavy (non-hydrogen) atoms. The van der Waals surface area contributed by atoms with Crippen LogP contribution in [0.2, 0.25) is 0 Å². The Bertz CT molecular complexity index is 601. The first-order valence-electron chi connectivity index (χ1n) is 5.38. The zero-order valence-electron chi connectivity index (χ0n) is 9.60. The molecular formula is C13H12N2O3. The van der Waals surface area contributed by atoms with Crippen LogP contribution in [0.3, 0.4) is 0 Å². The molecule has 0 aliphatic carbocycles. The number of hydrogen-bond donors (Lipinski definition) is 2. The Morgan fingerprint density at radius 2 is 2.17 bits per heavy atom. The summed E-state index contributed by atoms with van der Waals surface area (Å²) in [6.45, 7) is 3.10. The smallest absolute Gasteiger partial charge is 0.330 e. The van der Waals surface area contributed by atoms with Gasteiger partial charge in [0.15, 0.2) is 5.75 Å². The van der Waals surface area contributed by atoms with E-state index in [2.05, 4.69) is 16.9 Å². The second-order valence-electron chi connectivity index (χ2n) is 3.59. The SMILES string of the molecule is C=CC(=O)NCC(=O)Oc1c[nH]c2ccccc12. The van der Waals surface area contributed by atoms with Gasteiger partial charge in [0.1, 0.15) is 6.54 Å². The summed E-state index contributed by atoms with van der Waals surface area (Å²) in [4.78, 5) is 25.4. The van der Waals surface area contributed by atoms with Crippen LogP contribution in [0.1, 0.15) is 0 Å². The maximum Gasteiger partial charge on any atom is 0.330 e. The maximum atomic E-state index is 11.5. The van der Waals surface area contributed by atoms with Gasteiger partial charge in [-0.2, -0.15) is 0 Å². The second kappa shape index (κ2) is 5.18. The van der Waals surface area contributed by atoms with Crippen molar-refractivity contribution in [1.29, 1.82) is 0 Å². The number of aromatic nitrogens is 1. The number of aromatic amines is 1. The molecule has 0 atom stereocenters. The molecule has 0 spiro atoms. The lowest BCUT2D eigenvalue weighted by Gasteiger charge is -2.03. The molecule has 0 fully saturated rings. The number of hydrogen-bond acceptors (Lipinski definition) is 3. The molecule has 0 aliphatic rings. The molecule has 1 aromatic carbocycles. The maximum absolute atomic E-state index is 11.5. The van der Waals surface area contributed by atoms with Crippen LogP contribution in [-0.2, 0) is 9.59 Å². The molecule has 2 aromatic rings. The summed E-state index contributed by atoms with van der Waals surface area (Å²) in [5, 5.41) is 3.17. The summed E-state index contributed by atoms with van der Waals surface area (Å²) in [7, 11) is 0. The van der Waals surface area contributed by atoms with Gasteiger partial charge in [-0.05, 0) is 18.2 Å². The molecule has 92 valence electrons. The molecule has 1 heterocycles. The summed E-state index contributed by atoms with van der Waals surface area (Å²) < 4.78 is 5.14. The van der Waals surface area contributed by atoms with Crippen molar-refractivity contribution in [2.45, 2.75) is 0 Å². The predicted octanol–water partition coefficient (Wildman–Crippen LogP) is 1.38. The van der Waals surface area contributed by atoms with Gasteiger partial charge in [0.25, 0.3) is 0 Å². The molecule has 0 saturated carbocycles. The molecule has 2 rings (SSSR count). The second-order valence-corrected chi connectivity index (χ2v) is 3.59. The standard InChI is InChI=1S/C13H12N2O3/c1-2-12(16)15-8-13(17)18-11-7-14-10-6-4-3-5-9(10)11/h2-7,14H,1,8H2,(H,15,16). The summed E-state index contributed by atoms with van der Waals surface area (Å²) >= 11 is 0. The van der Waals surface area contributed by atoms with Gasteiger partial charge in [-0.25, -0.2) is 4.79 Å². The van der Waals surface area contributed by atoms with E-state index >= 15 is 0 Å². The largest absolute Gasteiger partial charge is 0.423 e. The molecule has 0 aliphatic heterocycles. The Morgan fingerprint density at radius 3 is 2.94 bits per heavy atom. The number of H-pyrrole nitrogens is 1. The van der Waals surface area contributed by atoms with Gasteiger partial charge in [0.05, 0.1) is 0 Å². The average Bonchev–Trinajstić information content (AvgIpc) is 2.79. The molecule has 0 unspecified atom stereocenters. The van der Waals surface area contributed by atoms with Crippen LogP contribution < -0.4 is 10.1 Å². The molecule has 0 radical (unpaired) electrons. The van der Waals surface area contributed by atoms with Crippen molar-refractivity contribution >= 4 is 22.8 Å². The molecule has 0 bridgehead atoms. The number of amides is 1. The summed E-state index contributed by atoms with van der Waals surface area (Å²) in [6.07, 6.45) is 2.71. The van der Waals surface area contributed by atoms with E-state index in [4.69, 9.17) is 4.74 Å². The highest BCUT2D eigenvalue weighted by Gasteiger charge is 2.09. The van der Waals surface area contributed by atoms with Gasteiger partial charge in [-0.15, -0.1) is 0 Å². The van der Waals surface area contributed by atoms with Crippen LogP contribution >= 0.6 is 0 Å². The molecular weight excluding hydrogens is 232 g/mol. The Hall–Kier alpha value is -2.56. The summed E-state index contributed by atoms with van der Waals surface area (Å²) in [5.74, 6) is -0.496. The predicted molar refractivity (Wildman–Crippen MR) is 67.1 cm³/mol. The zero-order valence-corrected chi connectivity index (χ0v) is 9.60. The van der Waals surface area contributed by atoms with Crippen molar-refractivity contribution in [2.24, 2.45) is 0 Å². The third kappa shape index (κ3) is 2.57. The van der Waals surface area contributed by atoms with E-state index in [1.807, 2.05) is 24.3 Å². The van der Waals surface area contributed by atoms with Crippen molar-refractivity contribution in [3.05, 3.63) is 43.1 Å². The fourth-order valence-electron chi connectivity index (χ4n) is 1.52.